The molecule has 1 fully saturated rings. The van der Waals surface area contributed by atoms with Crippen molar-refractivity contribution in [2.75, 3.05) is 6.54 Å². The molecule has 0 unspecified atom stereocenters. The van der Waals surface area contributed by atoms with Crippen LogP contribution in [0.5, 0.6) is 0 Å². The average Bonchev–Trinajstić information content (AvgIpc) is 2.91. The van der Waals surface area contributed by atoms with Crippen LogP contribution in [0.25, 0.3) is 0 Å². The van der Waals surface area contributed by atoms with Gasteiger partial charge in [-0.2, -0.15) is 0 Å². The van der Waals surface area contributed by atoms with Gasteiger partial charge in [-0.1, -0.05) is 26.7 Å². The Morgan fingerprint density at radius 3 is 2.40 bits per heavy atom. The molecule has 1 saturated carbocycles. The monoisotopic (exact) mass is 276 g/mol. The van der Waals surface area contributed by atoms with Crippen molar-refractivity contribution in [3.8, 4) is 0 Å². The van der Waals surface area contributed by atoms with Gasteiger partial charge in [-0.15, -0.1) is 0 Å². The molecule has 2 heteroatoms. The molecule has 0 radical (unpaired) electrons. The fourth-order valence-electron chi connectivity index (χ4n) is 4.02. The van der Waals surface area contributed by atoms with Crippen LogP contribution in [-0.2, 0) is 13.6 Å². The van der Waals surface area contributed by atoms with Crippen LogP contribution in [-0.4, -0.2) is 11.1 Å². The zero-order valence-corrected chi connectivity index (χ0v) is 14.1. The molecule has 0 bridgehead atoms. The average molecular weight is 276 g/mol. The van der Waals surface area contributed by atoms with E-state index >= 15 is 0 Å². The van der Waals surface area contributed by atoms with E-state index in [9.17, 15) is 0 Å². The second-order valence-corrected chi connectivity index (χ2v) is 7.36. The van der Waals surface area contributed by atoms with Gasteiger partial charge in [0.05, 0.1) is 0 Å². The van der Waals surface area contributed by atoms with Crippen molar-refractivity contribution in [2.45, 2.75) is 66.3 Å². The maximum Gasteiger partial charge on any atom is 0.0223 e. The lowest BCUT2D eigenvalue weighted by Crippen LogP contribution is -2.33. The van der Waals surface area contributed by atoms with Gasteiger partial charge in [-0.05, 0) is 56.1 Å². The van der Waals surface area contributed by atoms with E-state index in [0.717, 1.165) is 12.5 Å². The molecule has 0 amide bonds. The summed E-state index contributed by atoms with van der Waals surface area (Å²) in [5, 5.41) is 3.76. The second kappa shape index (κ2) is 6.34. The van der Waals surface area contributed by atoms with E-state index in [1.165, 1.54) is 55.6 Å². The highest BCUT2D eigenvalue weighted by Gasteiger charge is 2.33. The van der Waals surface area contributed by atoms with Crippen LogP contribution in [0.3, 0.4) is 0 Å². The molecule has 2 nitrogen and oxygen atoms in total. The Labute approximate surface area is 125 Å². The Morgan fingerprint density at radius 2 is 1.90 bits per heavy atom. The first-order valence-electron chi connectivity index (χ1n) is 8.26. The molecule has 0 aromatic carbocycles. The largest absolute Gasteiger partial charge is 0.352 e. The minimum atomic E-state index is 0.575. The minimum Gasteiger partial charge on any atom is -0.352 e. The van der Waals surface area contributed by atoms with E-state index < -0.39 is 0 Å². The molecule has 0 atom stereocenters. The molecule has 1 heterocycles. The molecule has 2 rings (SSSR count). The van der Waals surface area contributed by atoms with Gasteiger partial charge < -0.3 is 9.88 Å². The maximum absolute atomic E-state index is 3.76. The third kappa shape index (κ3) is 3.46. The van der Waals surface area contributed by atoms with Crippen molar-refractivity contribution < 1.29 is 0 Å². The first-order valence-corrected chi connectivity index (χ1v) is 8.26. The highest BCUT2D eigenvalue weighted by atomic mass is 15.0. The van der Waals surface area contributed by atoms with Crippen LogP contribution < -0.4 is 5.32 Å². The third-order valence-corrected chi connectivity index (χ3v) is 5.20. The Kier molecular flexibility index (Phi) is 4.95. The van der Waals surface area contributed by atoms with Crippen LogP contribution in [0.1, 0.15) is 62.9 Å². The standard InChI is InChI=1S/C18H32N2/c1-14(2)11-18(8-6-7-9-18)13-19-12-17-10-15(3)20(5)16(17)4/h10,14,19H,6-9,11-13H2,1-5H3. The number of nitrogens with one attached hydrogen (secondary N) is 1. The number of nitrogens with zero attached hydrogens (tertiary/aromatic N) is 1. The Bertz CT molecular complexity index is 437. The molecule has 1 N–H and O–H groups in total. The van der Waals surface area contributed by atoms with Crippen LogP contribution >= 0.6 is 0 Å². The zero-order valence-electron chi connectivity index (χ0n) is 14.1. The van der Waals surface area contributed by atoms with Gasteiger partial charge in [0.15, 0.2) is 0 Å². The normalized spacial score (nSPS) is 18.1. The van der Waals surface area contributed by atoms with Gasteiger partial charge in [-0.25, -0.2) is 0 Å². The summed E-state index contributed by atoms with van der Waals surface area (Å²) in [6.45, 7) is 11.4. The first-order chi connectivity index (χ1) is 9.43. The second-order valence-electron chi connectivity index (χ2n) is 7.36. The third-order valence-electron chi connectivity index (χ3n) is 5.20. The number of rotatable bonds is 6. The van der Waals surface area contributed by atoms with E-state index in [-0.39, 0.29) is 0 Å². The molecule has 20 heavy (non-hydrogen) atoms. The summed E-state index contributed by atoms with van der Waals surface area (Å²) < 4.78 is 2.29. The quantitative estimate of drug-likeness (QED) is 0.818. The molecule has 0 aliphatic heterocycles. The number of aryl methyl sites for hydroxylation is 1. The molecular formula is C18H32N2. The Hall–Kier alpha value is -0.760. The number of hydrogen-bond donors (Lipinski definition) is 1. The first kappa shape index (κ1) is 15.6. The van der Waals surface area contributed by atoms with E-state index in [0.29, 0.717) is 5.41 Å². The van der Waals surface area contributed by atoms with E-state index in [1.54, 1.807) is 0 Å². The highest BCUT2D eigenvalue weighted by molar-refractivity contribution is 5.26. The SMILES string of the molecule is Cc1cc(CNCC2(CC(C)C)CCCC2)c(C)n1C. The molecule has 1 aromatic heterocycles. The number of hydrogen-bond acceptors (Lipinski definition) is 1. The zero-order chi connectivity index (χ0) is 14.8. The van der Waals surface area contributed by atoms with Crippen molar-refractivity contribution in [1.29, 1.82) is 0 Å². The van der Waals surface area contributed by atoms with E-state index in [4.69, 9.17) is 0 Å². The smallest absolute Gasteiger partial charge is 0.0223 e. The summed E-state index contributed by atoms with van der Waals surface area (Å²) in [5.41, 5.74) is 4.80. The van der Waals surface area contributed by atoms with E-state index in [1.807, 2.05) is 0 Å². The molecule has 1 aromatic rings. The topological polar surface area (TPSA) is 17.0 Å². The summed E-state index contributed by atoms with van der Waals surface area (Å²) in [7, 11) is 2.16. The molecular weight excluding hydrogens is 244 g/mol. The lowest BCUT2D eigenvalue weighted by Gasteiger charge is -2.31. The van der Waals surface area contributed by atoms with Crippen molar-refractivity contribution in [2.24, 2.45) is 18.4 Å². The molecule has 0 saturated heterocycles. The predicted octanol–water partition coefficient (Wildman–Crippen LogP) is 4.34. The lowest BCUT2D eigenvalue weighted by molar-refractivity contribution is 0.223. The minimum absolute atomic E-state index is 0.575. The molecule has 114 valence electrons. The van der Waals surface area contributed by atoms with Gasteiger partial charge in [-0.3, -0.25) is 0 Å². The lowest BCUT2D eigenvalue weighted by atomic mass is 9.78. The van der Waals surface area contributed by atoms with Crippen LogP contribution in [0.4, 0.5) is 0 Å². The maximum atomic E-state index is 3.76. The van der Waals surface area contributed by atoms with Crippen LogP contribution in [0.15, 0.2) is 6.07 Å². The van der Waals surface area contributed by atoms with E-state index in [2.05, 4.69) is 50.7 Å². The fourth-order valence-corrected chi connectivity index (χ4v) is 4.02. The summed E-state index contributed by atoms with van der Waals surface area (Å²) in [4.78, 5) is 0. The highest BCUT2D eigenvalue weighted by Crippen LogP contribution is 2.42. The molecule has 0 spiro atoms. The van der Waals surface area contributed by atoms with Gasteiger partial charge in [0.25, 0.3) is 0 Å². The van der Waals surface area contributed by atoms with Crippen LogP contribution in [0, 0.1) is 25.2 Å². The fraction of sp³-hybridized carbons (Fsp3) is 0.778. The van der Waals surface area contributed by atoms with Gasteiger partial charge >= 0.3 is 0 Å². The molecule has 1 aliphatic carbocycles. The van der Waals surface area contributed by atoms with Gasteiger partial charge in [0.2, 0.25) is 0 Å². The summed E-state index contributed by atoms with van der Waals surface area (Å²) in [6.07, 6.45) is 7.08. The van der Waals surface area contributed by atoms with Crippen LogP contribution in [0.2, 0.25) is 0 Å². The number of aromatic nitrogens is 1. The van der Waals surface area contributed by atoms with Crippen molar-refractivity contribution in [3.63, 3.8) is 0 Å². The van der Waals surface area contributed by atoms with Crippen molar-refractivity contribution in [3.05, 3.63) is 23.0 Å². The van der Waals surface area contributed by atoms with Crippen molar-refractivity contribution in [1.82, 2.24) is 9.88 Å². The summed E-state index contributed by atoms with van der Waals surface area (Å²) >= 11 is 0. The molecule has 1 aliphatic rings. The Balaban J connectivity index is 1.92. The predicted molar refractivity (Wildman–Crippen MR) is 86.9 cm³/mol. The summed E-state index contributed by atoms with van der Waals surface area (Å²) in [6, 6.07) is 2.33. The summed E-state index contributed by atoms with van der Waals surface area (Å²) in [5.74, 6) is 0.815. The van der Waals surface area contributed by atoms with Crippen molar-refractivity contribution >= 4 is 0 Å². The Morgan fingerprint density at radius 1 is 1.25 bits per heavy atom. The van der Waals surface area contributed by atoms with Gasteiger partial charge in [0, 0.05) is 31.5 Å². The van der Waals surface area contributed by atoms with Gasteiger partial charge in [0.1, 0.15) is 0 Å².